The molecule has 1 amide bonds. The summed E-state index contributed by atoms with van der Waals surface area (Å²) in [5.74, 6) is 2.09. The van der Waals surface area contributed by atoms with E-state index < -0.39 is 0 Å². The van der Waals surface area contributed by atoms with E-state index >= 15 is 0 Å². The van der Waals surface area contributed by atoms with Crippen LogP contribution < -0.4 is 14.4 Å². The molecule has 196 valence electrons. The van der Waals surface area contributed by atoms with Crippen LogP contribution in [0.5, 0.6) is 11.5 Å². The number of methoxy groups -OCH3 is 1. The van der Waals surface area contributed by atoms with Crippen molar-refractivity contribution in [3.8, 4) is 11.5 Å². The van der Waals surface area contributed by atoms with Crippen molar-refractivity contribution in [1.29, 1.82) is 0 Å². The zero-order valence-electron chi connectivity index (χ0n) is 22.6. The minimum absolute atomic E-state index is 0.0538. The van der Waals surface area contributed by atoms with E-state index in [1.54, 1.807) is 7.11 Å². The molecule has 0 saturated carbocycles. The summed E-state index contributed by atoms with van der Waals surface area (Å²) >= 11 is 6.24. The molecular weight excluding hydrogens is 482 g/mol. The molecule has 5 heteroatoms. The number of rotatable bonds is 10. The predicted octanol–water partition coefficient (Wildman–Crippen LogP) is 8.18. The van der Waals surface area contributed by atoms with E-state index in [0.717, 1.165) is 48.1 Å². The molecule has 0 N–H and O–H groups in total. The number of anilines is 1. The fourth-order valence-electron chi connectivity index (χ4n) is 4.99. The molecule has 1 unspecified atom stereocenters. The van der Waals surface area contributed by atoms with E-state index in [0.29, 0.717) is 28.9 Å². The maximum Gasteiger partial charge on any atom is 0.232 e. The van der Waals surface area contributed by atoms with Crippen molar-refractivity contribution < 1.29 is 14.3 Å². The molecule has 1 heterocycles. The predicted molar refractivity (Wildman–Crippen MR) is 152 cm³/mol. The Hall–Kier alpha value is -2.98. The van der Waals surface area contributed by atoms with Crippen molar-refractivity contribution in [2.45, 2.75) is 71.9 Å². The molecule has 1 atom stereocenters. The van der Waals surface area contributed by atoms with Crippen LogP contribution in [0.1, 0.15) is 75.3 Å². The fraction of sp³-hybridized carbons (Fsp3) is 0.406. The van der Waals surface area contributed by atoms with E-state index in [2.05, 4.69) is 58.0 Å². The average molecular weight is 520 g/mol. The summed E-state index contributed by atoms with van der Waals surface area (Å²) in [6.07, 6.45) is 4.39. The van der Waals surface area contributed by atoms with E-state index in [4.69, 9.17) is 21.1 Å². The Morgan fingerprint density at radius 1 is 0.973 bits per heavy atom. The van der Waals surface area contributed by atoms with Crippen molar-refractivity contribution >= 4 is 23.2 Å². The van der Waals surface area contributed by atoms with Gasteiger partial charge in [0.1, 0.15) is 0 Å². The normalized spacial score (nSPS) is 15.3. The molecule has 1 aliphatic heterocycles. The number of benzene rings is 3. The molecule has 0 aliphatic carbocycles. The maximum atomic E-state index is 13.7. The van der Waals surface area contributed by atoms with Crippen LogP contribution in [0.3, 0.4) is 0 Å². The highest BCUT2D eigenvalue weighted by Gasteiger charge is 2.36. The Kier molecular flexibility index (Phi) is 8.81. The summed E-state index contributed by atoms with van der Waals surface area (Å²) in [7, 11) is 1.65. The lowest BCUT2D eigenvalue weighted by Gasteiger charge is -2.38. The number of halogens is 1. The van der Waals surface area contributed by atoms with Crippen molar-refractivity contribution in [3.63, 3.8) is 0 Å². The van der Waals surface area contributed by atoms with Gasteiger partial charge in [0.25, 0.3) is 0 Å². The van der Waals surface area contributed by atoms with Gasteiger partial charge in [0, 0.05) is 10.7 Å². The summed E-state index contributed by atoms with van der Waals surface area (Å²) < 4.78 is 12.1. The summed E-state index contributed by atoms with van der Waals surface area (Å²) in [4.78, 5) is 15.6. The van der Waals surface area contributed by atoms with Gasteiger partial charge in [-0.05, 0) is 90.3 Å². The Morgan fingerprint density at radius 2 is 1.65 bits per heavy atom. The first kappa shape index (κ1) is 27.1. The number of hydrogen-bond donors (Lipinski definition) is 0. The highest BCUT2D eigenvalue weighted by molar-refractivity contribution is 6.30. The molecule has 4 rings (SSSR count). The van der Waals surface area contributed by atoms with Crippen molar-refractivity contribution in [1.82, 2.24) is 0 Å². The number of carbonyl (C=O) groups is 1. The van der Waals surface area contributed by atoms with Crippen LogP contribution in [0.15, 0.2) is 60.7 Å². The summed E-state index contributed by atoms with van der Waals surface area (Å²) in [6.45, 7) is 8.73. The zero-order chi connectivity index (χ0) is 26.5. The fourth-order valence-corrected chi connectivity index (χ4v) is 5.11. The van der Waals surface area contributed by atoms with Crippen LogP contribution in [0.2, 0.25) is 5.02 Å². The molecule has 1 aliphatic rings. The molecule has 0 spiro atoms. The van der Waals surface area contributed by atoms with E-state index in [1.807, 2.05) is 35.2 Å². The standard InChI is InChI=1S/C32H38ClNO3/c1-6-27(7-2)37-30-20-28-24(18-29(30)36-5)19-31(35)34(32(28)23-12-14-25(33)15-13-23)26-16-10-22(11-17-26)9-8-21(3)4/h10-18,20-21,27,32H,6-9,19H2,1-5H3. The molecule has 0 aromatic heterocycles. The van der Waals surface area contributed by atoms with Crippen molar-refractivity contribution in [2.75, 3.05) is 12.0 Å². The van der Waals surface area contributed by atoms with Gasteiger partial charge in [-0.15, -0.1) is 0 Å². The van der Waals surface area contributed by atoms with Gasteiger partial charge in [0.05, 0.1) is 25.7 Å². The van der Waals surface area contributed by atoms with Crippen LogP contribution in [0.4, 0.5) is 5.69 Å². The Bertz CT molecular complexity index is 1200. The smallest absolute Gasteiger partial charge is 0.232 e. The second-order valence-electron chi connectivity index (χ2n) is 10.3. The van der Waals surface area contributed by atoms with Crippen LogP contribution in [-0.2, 0) is 17.6 Å². The molecule has 0 fully saturated rings. The van der Waals surface area contributed by atoms with E-state index in [1.165, 1.54) is 5.56 Å². The van der Waals surface area contributed by atoms with Crippen LogP contribution in [0.25, 0.3) is 0 Å². The average Bonchev–Trinajstić information content (AvgIpc) is 2.90. The Morgan fingerprint density at radius 3 is 2.24 bits per heavy atom. The number of carbonyl (C=O) groups excluding carboxylic acids is 1. The van der Waals surface area contributed by atoms with E-state index in [9.17, 15) is 4.79 Å². The van der Waals surface area contributed by atoms with Gasteiger partial charge in [0.2, 0.25) is 5.91 Å². The molecular formula is C32H38ClNO3. The van der Waals surface area contributed by atoms with Crippen LogP contribution >= 0.6 is 11.6 Å². The molecule has 4 nitrogen and oxygen atoms in total. The summed E-state index contributed by atoms with van der Waals surface area (Å²) in [5.41, 5.74) is 5.19. The first-order valence-corrected chi connectivity index (χ1v) is 13.8. The highest BCUT2D eigenvalue weighted by atomic mass is 35.5. The number of aryl methyl sites for hydroxylation is 1. The first-order valence-electron chi connectivity index (χ1n) is 13.4. The molecule has 3 aromatic carbocycles. The quantitative estimate of drug-likeness (QED) is 0.271. The van der Waals surface area contributed by atoms with Crippen LogP contribution in [0, 0.1) is 5.92 Å². The summed E-state index contributed by atoms with van der Waals surface area (Å²) in [5, 5.41) is 0.666. The molecule has 0 bridgehead atoms. The molecule has 0 saturated heterocycles. The highest BCUT2D eigenvalue weighted by Crippen LogP contribution is 2.44. The van der Waals surface area contributed by atoms with Gasteiger partial charge < -0.3 is 14.4 Å². The van der Waals surface area contributed by atoms with Gasteiger partial charge >= 0.3 is 0 Å². The number of hydrogen-bond acceptors (Lipinski definition) is 3. The molecule has 0 radical (unpaired) electrons. The lowest BCUT2D eigenvalue weighted by Crippen LogP contribution is -2.41. The van der Waals surface area contributed by atoms with Gasteiger partial charge in [-0.2, -0.15) is 0 Å². The number of nitrogens with zero attached hydrogens (tertiary/aromatic N) is 1. The third kappa shape index (κ3) is 6.13. The largest absolute Gasteiger partial charge is 0.493 e. The zero-order valence-corrected chi connectivity index (χ0v) is 23.3. The monoisotopic (exact) mass is 519 g/mol. The number of ether oxygens (including phenoxy) is 2. The van der Waals surface area contributed by atoms with Crippen LogP contribution in [-0.4, -0.2) is 19.1 Å². The maximum absolute atomic E-state index is 13.7. The van der Waals surface area contributed by atoms with Gasteiger partial charge in [0.15, 0.2) is 11.5 Å². The second-order valence-corrected chi connectivity index (χ2v) is 10.7. The van der Waals surface area contributed by atoms with E-state index in [-0.39, 0.29) is 18.1 Å². The van der Waals surface area contributed by atoms with Gasteiger partial charge in [-0.3, -0.25) is 4.79 Å². The lowest BCUT2D eigenvalue weighted by atomic mass is 9.86. The minimum atomic E-state index is -0.301. The topological polar surface area (TPSA) is 38.8 Å². The Balaban J connectivity index is 1.81. The minimum Gasteiger partial charge on any atom is -0.493 e. The summed E-state index contributed by atoms with van der Waals surface area (Å²) in [6, 6.07) is 20.0. The van der Waals surface area contributed by atoms with Crippen molar-refractivity contribution in [3.05, 3.63) is 87.9 Å². The number of amides is 1. The third-order valence-electron chi connectivity index (χ3n) is 7.20. The van der Waals surface area contributed by atoms with Gasteiger partial charge in [-0.25, -0.2) is 0 Å². The van der Waals surface area contributed by atoms with Crippen molar-refractivity contribution in [2.24, 2.45) is 5.92 Å². The Labute approximate surface area is 226 Å². The third-order valence-corrected chi connectivity index (χ3v) is 7.46. The molecule has 37 heavy (non-hydrogen) atoms. The number of fused-ring (bicyclic) bond motifs is 1. The first-order chi connectivity index (χ1) is 17.8. The second kappa shape index (κ2) is 12.0. The lowest BCUT2D eigenvalue weighted by molar-refractivity contribution is -0.118. The van der Waals surface area contributed by atoms with Gasteiger partial charge in [-0.1, -0.05) is 63.6 Å². The SMILES string of the molecule is CCC(CC)Oc1cc2c(cc1OC)CC(=O)N(c1ccc(CCC(C)C)cc1)C2c1ccc(Cl)cc1. The molecule has 3 aromatic rings.